The molecule has 27 heavy (non-hydrogen) atoms. The van der Waals surface area contributed by atoms with Crippen molar-refractivity contribution in [3.05, 3.63) is 89.4 Å². The van der Waals surface area contributed by atoms with Gasteiger partial charge >= 0.3 is 0 Å². The number of hydrogen-bond acceptors (Lipinski definition) is 5. The molecule has 4 nitrogen and oxygen atoms in total. The summed E-state index contributed by atoms with van der Waals surface area (Å²) in [4.78, 5) is 4.46. The summed E-state index contributed by atoms with van der Waals surface area (Å²) in [5, 5.41) is 20.7. The average molecular weight is 370 g/mol. The number of fused-ring (bicyclic) bond motifs is 1. The summed E-state index contributed by atoms with van der Waals surface area (Å²) < 4.78 is 6.72. The van der Waals surface area contributed by atoms with Gasteiger partial charge in [-0.3, -0.25) is 0 Å². The van der Waals surface area contributed by atoms with E-state index < -0.39 is 0 Å². The third-order valence-electron chi connectivity index (χ3n) is 3.96. The van der Waals surface area contributed by atoms with Crippen LogP contribution in [-0.2, 0) is 0 Å². The second kappa shape index (κ2) is 7.32. The van der Waals surface area contributed by atoms with Gasteiger partial charge in [-0.15, -0.1) is 11.3 Å². The summed E-state index contributed by atoms with van der Waals surface area (Å²) in [6, 6.07) is 26.1. The Hall–Kier alpha value is -3.62. The molecule has 0 aliphatic rings. The number of rotatable bonds is 4. The van der Waals surface area contributed by atoms with Gasteiger partial charge in [-0.05, 0) is 48.5 Å². The normalized spacial score (nSPS) is 11.7. The van der Waals surface area contributed by atoms with Gasteiger partial charge in [-0.2, -0.15) is 5.26 Å². The highest BCUT2D eigenvalue weighted by Crippen LogP contribution is 2.31. The second-order valence-corrected chi connectivity index (χ2v) is 6.79. The van der Waals surface area contributed by atoms with E-state index in [1.165, 1.54) is 11.3 Å². The van der Waals surface area contributed by atoms with E-state index in [2.05, 4.69) is 11.1 Å². The fourth-order valence-electron chi connectivity index (χ4n) is 2.63. The first-order valence-electron chi connectivity index (χ1n) is 8.27. The van der Waals surface area contributed by atoms with Crippen molar-refractivity contribution in [2.75, 3.05) is 0 Å². The molecule has 5 heteroatoms. The number of allylic oxidation sites excluding steroid dienone is 1. The van der Waals surface area contributed by atoms with Crippen LogP contribution >= 0.6 is 11.3 Å². The fraction of sp³-hybridized carbons (Fsp3) is 0. The summed E-state index contributed by atoms with van der Waals surface area (Å²) in [6.07, 6.45) is 0. The van der Waals surface area contributed by atoms with Crippen LogP contribution in [0.15, 0.2) is 78.9 Å². The number of nitriles is 1. The molecule has 0 bridgehead atoms. The van der Waals surface area contributed by atoms with Crippen LogP contribution in [0.5, 0.6) is 11.5 Å². The largest absolute Gasteiger partial charge is 0.506 e. The molecule has 0 amide bonds. The van der Waals surface area contributed by atoms with Gasteiger partial charge in [0.1, 0.15) is 33.9 Å². The molecule has 1 aromatic heterocycles. The summed E-state index contributed by atoms with van der Waals surface area (Å²) in [5.41, 5.74) is 1.50. The molecule has 1 heterocycles. The number of nitrogens with zero attached hydrogens (tertiary/aromatic N) is 2. The molecule has 0 saturated carbocycles. The lowest BCUT2D eigenvalue weighted by Crippen LogP contribution is -1.90. The van der Waals surface area contributed by atoms with Crippen molar-refractivity contribution in [1.29, 1.82) is 5.26 Å². The molecule has 0 fully saturated rings. The predicted molar refractivity (Wildman–Crippen MR) is 108 cm³/mol. The van der Waals surface area contributed by atoms with E-state index in [4.69, 9.17) is 4.74 Å². The Morgan fingerprint density at radius 1 is 0.889 bits per heavy atom. The van der Waals surface area contributed by atoms with Gasteiger partial charge in [-0.25, -0.2) is 4.98 Å². The minimum atomic E-state index is -0.0946. The Morgan fingerprint density at radius 3 is 2.26 bits per heavy atom. The van der Waals surface area contributed by atoms with Crippen LogP contribution in [0.25, 0.3) is 21.5 Å². The van der Waals surface area contributed by atoms with E-state index >= 15 is 0 Å². The Kier molecular flexibility index (Phi) is 4.56. The standard InChI is InChI=1S/C22H14N2O2S/c23-14-18(22-24-19-8-4-5-9-20(19)27-22)21(25)15-10-12-17(13-11-15)26-16-6-2-1-3-7-16/h1-13,25H. The molecule has 0 unspecified atom stereocenters. The Labute approximate surface area is 160 Å². The summed E-state index contributed by atoms with van der Waals surface area (Å²) >= 11 is 1.38. The van der Waals surface area contributed by atoms with Gasteiger partial charge in [0.05, 0.1) is 10.2 Å². The van der Waals surface area contributed by atoms with Gasteiger partial charge in [0.25, 0.3) is 0 Å². The number of ether oxygens (including phenoxy) is 1. The minimum Gasteiger partial charge on any atom is -0.506 e. The zero-order valence-corrected chi connectivity index (χ0v) is 15.0. The van der Waals surface area contributed by atoms with Crippen molar-refractivity contribution in [2.24, 2.45) is 0 Å². The van der Waals surface area contributed by atoms with E-state index in [0.29, 0.717) is 16.3 Å². The molecule has 0 aliphatic carbocycles. The zero-order chi connectivity index (χ0) is 18.6. The highest BCUT2D eigenvalue weighted by Gasteiger charge is 2.15. The summed E-state index contributed by atoms with van der Waals surface area (Å²) in [7, 11) is 0. The quantitative estimate of drug-likeness (QED) is 0.351. The highest BCUT2D eigenvalue weighted by molar-refractivity contribution is 7.19. The third-order valence-corrected chi connectivity index (χ3v) is 5.02. The highest BCUT2D eigenvalue weighted by atomic mass is 32.1. The van der Waals surface area contributed by atoms with E-state index in [0.717, 1.165) is 16.0 Å². The third kappa shape index (κ3) is 3.52. The zero-order valence-electron chi connectivity index (χ0n) is 14.2. The maximum absolute atomic E-state index is 10.6. The molecule has 0 atom stereocenters. The minimum absolute atomic E-state index is 0.0946. The molecule has 0 saturated heterocycles. The monoisotopic (exact) mass is 370 g/mol. The molecular formula is C22H14N2O2S. The molecule has 3 aromatic carbocycles. The molecule has 130 valence electrons. The maximum atomic E-state index is 10.6. The Bertz CT molecular complexity index is 1120. The molecule has 0 spiro atoms. The Morgan fingerprint density at radius 2 is 1.56 bits per heavy atom. The number of aromatic nitrogens is 1. The average Bonchev–Trinajstić information content (AvgIpc) is 3.13. The van der Waals surface area contributed by atoms with Gasteiger partial charge < -0.3 is 9.84 Å². The van der Waals surface area contributed by atoms with Gasteiger partial charge in [-0.1, -0.05) is 30.3 Å². The lowest BCUT2D eigenvalue weighted by molar-refractivity contribution is 0.482. The molecule has 1 N–H and O–H groups in total. The van der Waals surface area contributed by atoms with Crippen molar-refractivity contribution < 1.29 is 9.84 Å². The summed E-state index contributed by atoms with van der Waals surface area (Å²) in [5.74, 6) is 1.29. The van der Waals surface area contributed by atoms with Crippen LogP contribution in [-0.4, -0.2) is 10.1 Å². The van der Waals surface area contributed by atoms with E-state index in [1.807, 2.05) is 54.6 Å². The van der Waals surface area contributed by atoms with Crippen LogP contribution in [0.3, 0.4) is 0 Å². The lowest BCUT2D eigenvalue weighted by atomic mass is 10.1. The molecule has 4 aromatic rings. The number of para-hydroxylation sites is 2. The van der Waals surface area contributed by atoms with E-state index in [1.54, 1.807) is 24.3 Å². The van der Waals surface area contributed by atoms with Crippen molar-refractivity contribution in [2.45, 2.75) is 0 Å². The van der Waals surface area contributed by atoms with Crippen LogP contribution in [0.2, 0.25) is 0 Å². The fourth-order valence-corrected chi connectivity index (χ4v) is 3.59. The van der Waals surface area contributed by atoms with E-state index in [-0.39, 0.29) is 11.3 Å². The lowest BCUT2D eigenvalue weighted by Gasteiger charge is -2.07. The molecular weight excluding hydrogens is 356 g/mol. The van der Waals surface area contributed by atoms with Crippen LogP contribution in [0, 0.1) is 11.3 Å². The number of benzene rings is 3. The van der Waals surface area contributed by atoms with Gasteiger partial charge in [0, 0.05) is 5.56 Å². The first-order chi connectivity index (χ1) is 13.2. The van der Waals surface area contributed by atoms with Crippen molar-refractivity contribution in [3.63, 3.8) is 0 Å². The van der Waals surface area contributed by atoms with Crippen molar-refractivity contribution in [3.8, 4) is 17.6 Å². The van der Waals surface area contributed by atoms with E-state index in [9.17, 15) is 10.4 Å². The van der Waals surface area contributed by atoms with Crippen LogP contribution in [0.4, 0.5) is 0 Å². The first kappa shape index (κ1) is 16.8. The van der Waals surface area contributed by atoms with Crippen molar-refractivity contribution in [1.82, 2.24) is 4.98 Å². The molecule has 0 radical (unpaired) electrons. The first-order valence-corrected chi connectivity index (χ1v) is 9.09. The topological polar surface area (TPSA) is 66.1 Å². The van der Waals surface area contributed by atoms with Crippen LogP contribution < -0.4 is 4.74 Å². The molecule has 0 aliphatic heterocycles. The summed E-state index contributed by atoms with van der Waals surface area (Å²) in [6.45, 7) is 0. The van der Waals surface area contributed by atoms with Crippen molar-refractivity contribution >= 4 is 32.9 Å². The number of aliphatic hydroxyl groups is 1. The van der Waals surface area contributed by atoms with Gasteiger partial charge in [0.15, 0.2) is 0 Å². The predicted octanol–water partition coefficient (Wildman–Crippen LogP) is 6.04. The Balaban J connectivity index is 1.65. The SMILES string of the molecule is N#CC(=C(O)c1ccc(Oc2ccccc2)cc1)c1nc2ccccc2s1. The van der Waals surface area contributed by atoms with Gasteiger partial charge in [0.2, 0.25) is 0 Å². The second-order valence-electron chi connectivity index (χ2n) is 5.76. The molecule has 4 rings (SSSR count). The number of hydrogen-bond donors (Lipinski definition) is 1. The number of thiazole rings is 1. The smallest absolute Gasteiger partial charge is 0.143 e. The van der Waals surface area contributed by atoms with Crippen LogP contribution in [0.1, 0.15) is 10.6 Å². The number of aliphatic hydroxyl groups excluding tert-OH is 1. The maximum Gasteiger partial charge on any atom is 0.143 e.